The molecule has 0 amide bonds. The molecule has 10 heavy (non-hydrogen) atoms. The standard InChI is InChI=1S/C7H13NOS/c1-6(4-7(2)9)8(3)5-10/h4,10H,5H2,1-3H3/b6-4-. The molecule has 58 valence electrons. The normalized spacial score (nSPS) is 11.4. The molecule has 0 aliphatic carbocycles. The Labute approximate surface area is 67.3 Å². The largest absolute Gasteiger partial charge is 0.369 e. The van der Waals surface area contributed by atoms with Crippen LogP contribution < -0.4 is 0 Å². The van der Waals surface area contributed by atoms with Gasteiger partial charge in [0.2, 0.25) is 0 Å². The summed E-state index contributed by atoms with van der Waals surface area (Å²) >= 11 is 4.05. The maximum Gasteiger partial charge on any atom is 0.154 e. The van der Waals surface area contributed by atoms with Crippen LogP contribution in [0.25, 0.3) is 0 Å². The summed E-state index contributed by atoms with van der Waals surface area (Å²) in [6.07, 6.45) is 1.59. The molecule has 0 radical (unpaired) electrons. The zero-order valence-corrected chi connectivity index (χ0v) is 7.48. The van der Waals surface area contributed by atoms with Crippen molar-refractivity contribution in [3.8, 4) is 0 Å². The minimum atomic E-state index is 0.0751. The number of allylic oxidation sites excluding steroid dienone is 2. The molecule has 2 nitrogen and oxygen atoms in total. The average molecular weight is 159 g/mol. The second-order valence-electron chi connectivity index (χ2n) is 2.24. The van der Waals surface area contributed by atoms with Crippen molar-refractivity contribution < 1.29 is 4.79 Å². The molecule has 0 bridgehead atoms. The van der Waals surface area contributed by atoms with Crippen LogP contribution in [0.2, 0.25) is 0 Å². The maximum atomic E-state index is 10.5. The molecule has 0 heterocycles. The van der Waals surface area contributed by atoms with Gasteiger partial charge in [-0.25, -0.2) is 0 Å². The number of carbonyl (C=O) groups excluding carboxylic acids is 1. The van der Waals surface area contributed by atoms with E-state index in [2.05, 4.69) is 12.6 Å². The minimum Gasteiger partial charge on any atom is -0.369 e. The summed E-state index contributed by atoms with van der Waals surface area (Å²) in [6.45, 7) is 3.42. The van der Waals surface area contributed by atoms with E-state index in [1.165, 1.54) is 6.92 Å². The molecule has 0 N–H and O–H groups in total. The smallest absolute Gasteiger partial charge is 0.154 e. The minimum absolute atomic E-state index is 0.0751. The first-order valence-corrected chi connectivity index (χ1v) is 3.72. The molecular formula is C7H13NOS. The number of carbonyl (C=O) groups is 1. The quantitative estimate of drug-likeness (QED) is 0.380. The SMILES string of the molecule is CC(=O)/C=C(/C)N(C)CS. The second kappa shape index (κ2) is 4.39. The lowest BCUT2D eigenvalue weighted by atomic mass is 10.3. The Kier molecular flexibility index (Phi) is 4.19. The predicted octanol–water partition coefficient (Wildman–Crippen LogP) is 1.30. The third kappa shape index (κ3) is 3.56. The molecule has 0 aromatic carbocycles. The molecule has 0 fully saturated rings. The molecule has 0 aliphatic rings. The lowest BCUT2D eigenvalue weighted by molar-refractivity contribution is -0.112. The summed E-state index contributed by atoms with van der Waals surface area (Å²) in [5.41, 5.74) is 0.947. The predicted molar refractivity (Wildman–Crippen MR) is 46.1 cm³/mol. The van der Waals surface area contributed by atoms with E-state index in [-0.39, 0.29) is 5.78 Å². The fourth-order valence-electron chi connectivity index (χ4n) is 0.516. The van der Waals surface area contributed by atoms with Crippen molar-refractivity contribution in [2.45, 2.75) is 13.8 Å². The number of nitrogens with zero attached hydrogens (tertiary/aromatic N) is 1. The maximum absolute atomic E-state index is 10.5. The highest BCUT2D eigenvalue weighted by atomic mass is 32.1. The highest BCUT2D eigenvalue weighted by Crippen LogP contribution is 1.99. The van der Waals surface area contributed by atoms with Gasteiger partial charge >= 0.3 is 0 Å². The lowest BCUT2D eigenvalue weighted by Gasteiger charge is -2.15. The van der Waals surface area contributed by atoms with Crippen LogP contribution in [0.3, 0.4) is 0 Å². The zero-order chi connectivity index (χ0) is 8.15. The molecule has 0 aromatic rings. The second-order valence-corrected chi connectivity index (χ2v) is 2.52. The number of rotatable bonds is 3. The Balaban J connectivity index is 4.04. The summed E-state index contributed by atoms with van der Waals surface area (Å²) in [4.78, 5) is 12.4. The monoisotopic (exact) mass is 159 g/mol. The molecule has 0 unspecified atom stereocenters. The van der Waals surface area contributed by atoms with E-state index in [4.69, 9.17) is 0 Å². The molecule has 3 heteroatoms. The summed E-state index contributed by atoms with van der Waals surface area (Å²) < 4.78 is 0. The molecule has 0 aliphatic heterocycles. The summed E-state index contributed by atoms with van der Waals surface area (Å²) in [5, 5.41) is 0. The lowest BCUT2D eigenvalue weighted by Crippen LogP contribution is -2.14. The Morgan fingerprint density at radius 1 is 1.60 bits per heavy atom. The van der Waals surface area contributed by atoms with Crippen molar-refractivity contribution in [3.63, 3.8) is 0 Å². The van der Waals surface area contributed by atoms with Gasteiger partial charge in [-0.1, -0.05) is 0 Å². The van der Waals surface area contributed by atoms with Crippen LogP contribution in [-0.2, 0) is 4.79 Å². The average Bonchev–Trinajstić information content (AvgIpc) is 1.85. The van der Waals surface area contributed by atoms with Crippen molar-refractivity contribution in [1.29, 1.82) is 0 Å². The van der Waals surface area contributed by atoms with Gasteiger partial charge < -0.3 is 4.90 Å². The van der Waals surface area contributed by atoms with Crippen molar-refractivity contribution in [3.05, 3.63) is 11.8 Å². The van der Waals surface area contributed by atoms with Crippen LogP contribution in [0.1, 0.15) is 13.8 Å². The molecule has 0 saturated carbocycles. The van der Waals surface area contributed by atoms with Gasteiger partial charge in [0.25, 0.3) is 0 Å². The van der Waals surface area contributed by atoms with Gasteiger partial charge in [0.1, 0.15) is 0 Å². The third-order valence-corrected chi connectivity index (χ3v) is 1.65. The molecule has 0 spiro atoms. The van der Waals surface area contributed by atoms with Gasteiger partial charge in [0.15, 0.2) is 5.78 Å². The van der Waals surface area contributed by atoms with Crippen LogP contribution in [0.4, 0.5) is 0 Å². The van der Waals surface area contributed by atoms with E-state index >= 15 is 0 Å². The molecule has 0 saturated heterocycles. The highest BCUT2D eigenvalue weighted by molar-refractivity contribution is 7.80. The van der Waals surface area contributed by atoms with Crippen LogP contribution in [0, 0.1) is 0 Å². The van der Waals surface area contributed by atoms with Gasteiger partial charge in [-0.2, -0.15) is 12.6 Å². The summed E-state index contributed by atoms with van der Waals surface area (Å²) in [5.74, 6) is 0.710. The van der Waals surface area contributed by atoms with E-state index in [9.17, 15) is 4.79 Å². The number of thiol groups is 1. The van der Waals surface area contributed by atoms with E-state index in [0.29, 0.717) is 5.88 Å². The Morgan fingerprint density at radius 3 is 2.40 bits per heavy atom. The molecule has 0 atom stereocenters. The number of ketones is 1. The van der Waals surface area contributed by atoms with E-state index < -0.39 is 0 Å². The summed E-state index contributed by atoms with van der Waals surface area (Å²) in [7, 11) is 1.89. The topological polar surface area (TPSA) is 20.3 Å². The Morgan fingerprint density at radius 2 is 2.10 bits per heavy atom. The first kappa shape index (κ1) is 9.56. The van der Waals surface area contributed by atoms with Gasteiger partial charge in [0.05, 0.1) is 5.88 Å². The molecular weight excluding hydrogens is 146 g/mol. The number of hydrogen-bond donors (Lipinski definition) is 1. The van der Waals surface area contributed by atoms with Gasteiger partial charge in [0, 0.05) is 12.7 Å². The molecule has 0 aromatic heterocycles. The number of hydrogen-bond acceptors (Lipinski definition) is 3. The van der Waals surface area contributed by atoms with Gasteiger partial charge in [-0.3, -0.25) is 4.79 Å². The van der Waals surface area contributed by atoms with Crippen LogP contribution >= 0.6 is 12.6 Å². The van der Waals surface area contributed by atoms with Crippen LogP contribution in [0.15, 0.2) is 11.8 Å². The fourth-order valence-corrected chi connectivity index (χ4v) is 0.739. The van der Waals surface area contributed by atoms with Crippen LogP contribution in [0.5, 0.6) is 0 Å². The van der Waals surface area contributed by atoms with Gasteiger partial charge in [-0.05, 0) is 19.9 Å². The van der Waals surface area contributed by atoms with E-state index in [1.54, 1.807) is 6.08 Å². The van der Waals surface area contributed by atoms with Crippen molar-refractivity contribution in [1.82, 2.24) is 4.90 Å². The Hall–Kier alpha value is -0.440. The first-order chi connectivity index (χ1) is 4.57. The zero-order valence-electron chi connectivity index (χ0n) is 6.59. The van der Waals surface area contributed by atoms with E-state index in [0.717, 1.165) is 5.70 Å². The molecule has 0 rings (SSSR count). The highest BCUT2D eigenvalue weighted by Gasteiger charge is 1.95. The van der Waals surface area contributed by atoms with Gasteiger partial charge in [-0.15, -0.1) is 0 Å². The first-order valence-electron chi connectivity index (χ1n) is 3.08. The Bertz CT molecular complexity index is 154. The van der Waals surface area contributed by atoms with E-state index in [1.807, 2.05) is 18.9 Å². The van der Waals surface area contributed by atoms with Crippen LogP contribution in [-0.4, -0.2) is 23.6 Å². The van der Waals surface area contributed by atoms with Crippen molar-refractivity contribution in [2.24, 2.45) is 0 Å². The van der Waals surface area contributed by atoms with Crippen molar-refractivity contribution >= 4 is 18.4 Å². The fraction of sp³-hybridized carbons (Fsp3) is 0.571. The van der Waals surface area contributed by atoms with Crippen molar-refractivity contribution in [2.75, 3.05) is 12.9 Å². The third-order valence-electron chi connectivity index (χ3n) is 1.23. The summed E-state index contributed by atoms with van der Waals surface area (Å²) in [6, 6.07) is 0.